The van der Waals surface area contributed by atoms with Gasteiger partial charge in [0.25, 0.3) is 0 Å². The molecule has 0 radical (unpaired) electrons. The number of aromatic hydroxyl groups is 1. The van der Waals surface area contributed by atoms with Gasteiger partial charge in [0, 0.05) is 18.5 Å². The number of rotatable bonds is 18. The maximum absolute atomic E-state index is 14.7. The topological polar surface area (TPSA) is 134 Å². The Kier molecular flexibility index (Phi) is 16.8. The molecule has 3 N–H and O–H groups in total. The molecule has 0 heterocycles. The summed E-state index contributed by atoms with van der Waals surface area (Å²) < 4.78 is 11.2. The minimum absolute atomic E-state index is 0.00889. The van der Waals surface area contributed by atoms with Crippen LogP contribution in [0, 0.1) is 5.92 Å². The number of benzene rings is 2. The first-order valence-electron chi connectivity index (χ1n) is 18.1. The number of hydrogen-bond donors (Lipinski definition) is 3. The zero-order valence-electron chi connectivity index (χ0n) is 31.7. The van der Waals surface area contributed by atoms with Gasteiger partial charge in [0.05, 0.1) is 0 Å². The molecule has 10 heteroatoms. The summed E-state index contributed by atoms with van der Waals surface area (Å²) in [6.07, 6.45) is 5.32. The van der Waals surface area contributed by atoms with Gasteiger partial charge in [-0.2, -0.15) is 0 Å². The third kappa shape index (κ3) is 15.2. The second-order valence-electron chi connectivity index (χ2n) is 15.4. The van der Waals surface area contributed by atoms with E-state index >= 15 is 0 Å². The molecule has 2 aromatic carbocycles. The van der Waals surface area contributed by atoms with Gasteiger partial charge in [-0.05, 0) is 71.9 Å². The van der Waals surface area contributed by atoms with Gasteiger partial charge >= 0.3 is 12.1 Å². The van der Waals surface area contributed by atoms with E-state index in [1.807, 2.05) is 44.2 Å². The summed E-state index contributed by atoms with van der Waals surface area (Å²) in [7, 11) is 0. The maximum atomic E-state index is 14.7. The van der Waals surface area contributed by atoms with Crippen molar-refractivity contribution < 1.29 is 33.8 Å². The molecule has 278 valence electrons. The van der Waals surface area contributed by atoms with Crippen LogP contribution in [0.1, 0.15) is 124 Å². The van der Waals surface area contributed by atoms with Crippen molar-refractivity contribution in [3.05, 3.63) is 65.7 Å². The molecule has 0 spiro atoms. The van der Waals surface area contributed by atoms with Crippen molar-refractivity contribution >= 4 is 23.9 Å². The molecule has 2 rings (SSSR count). The fourth-order valence-corrected chi connectivity index (χ4v) is 5.61. The van der Waals surface area contributed by atoms with E-state index in [4.69, 9.17) is 9.47 Å². The van der Waals surface area contributed by atoms with E-state index < -0.39 is 53.2 Å². The largest absolute Gasteiger partial charge is 0.508 e. The number of para-hydroxylation sites is 1. The quantitative estimate of drug-likeness (QED) is 0.108. The summed E-state index contributed by atoms with van der Waals surface area (Å²) in [6.45, 7) is 16.7. The Hall–Kier alpha value is -4.08. The smallest absolute Gasteiger partial charge is 0.408 e. The first kappa shape index (κ1) is 42.1. The monoisotopic (exact) mass is 695 g/mol. The van der Waals surface area contributed by atoms with Crippen molar-refractivity contribution in [3.63, 3.8) is 0 Å². The standard InChI is InChI=1S/C40H61N3O7/c1-10-11-12-13-14-20-25-43(36(46)31(26-28(2)3)42-38(48)50-40(7,8)9)34(30-23-18-19-24-33(30)44)35(45)41-32(37(47)49-39(4,5)6)27-29-21-16-15-17-22-29/h15-19,21-24,28,31-32,34,44H,10-14,20,25-27H2,1-9H3,(H,41,45)(H,42,48). The number of unbranched alkanes of at least 4 members (excludes halogenated alkanes) is 5. The number of carbonyl (C=O) groups excluding carboxylic acids is 4. The number of phenolic OH excluding ortho intramolecular Hbond substituents is 1. The van der Waals surface area contributed by atoms with E-state index in [1.54, 1.807) is 59.7 Å². The van der Waals surface area contributed by atoms with Crippen molar-refractivity contribution in [2.75, 3.05) is 6.54 Å². The molecule has 0 fully saturated rings. The molecule has 2 aromatic rings. The average Bonchev–Trinajstić information content (AvgIpc) is 3.00. The molecule has 0 aromatic heterocycles. The molecule has 50 heavy (non-hydrogen) atoms. The third-order valence-corrected chi connectivity index (χ3v) is 7.81. The number of nitrogens with one attached hydrogen (secondary N) is 2. The summed E-state index contributed by atoms with van der Waals surface area (Å²) in [4.78, 5) is 57.3. The molecular formula is C40H61N3O7. The zero-order valence-corrected chi connectivity index (χ0v) is 31.7. The van der Waals surface area contributed by atoms with Crippen LogP contribution in [0.15, 0.2) is 54.6 Å². The normalized spacial score (nSPS) is 13.6. The van der Waals surface area contributed by atoms with Gasteiger partial charge in [0.2, 0.25) is 11.8 Å². The van der Waals surface area contributed by atoms with Crippen LogP contribution in [-0.2, 0) is 30.3 Å². The Bertz CT molecular complexity index is 1360. The number of hydrogen-bond acceptors (Lipinski definition) is 7. The van der Waals surface area contributed by atoms with Gasteiger partial charge in [-0.1, -0.05) is 101 Å². The summed E-state index contributed by atoms with van der Waals surface area (Å²) in [5, 5.41) is 16.8. The molecule has 3 atom stereocenters. The Morgan fingerprint density at radius 3 is 1.92 bits per heavy atom. The van der Waals surface area contributed by atoms with Crippen molar-refractivity contribution in [2.24, 2.45) is 5.92 Å². The first-order chi connectivity index (χ1) is 23.4. The predicted molar refractivity (Wildman–Crippen MR) is 196 cm³/mol. The van der Waals surface area contributed by atoms with Gasteiger partial charge in [0.1, 0.15) is 35.1 Å². The lowest BCUT2D eigenvalue weighted by atomic mass is 9.97. The molecular weight excluding hydrogens is 634 g/mol. The SMILES string of the molecule is CCCCCCCCN(C(=O)C(CC(C)C)NC(=O)OC(C)(C)C)C(C(=O)NC(Cc1ccccc1)C(=O)OC(C)(C)C)c1ccccc1O. The van der Waals surface area contributed by atoms with Gasteiger partial charge in [0.15, 0.2) is 0 Å². The highest BCUT2D eigenvalue weighted by atomic mass is 16.6. The lowest BCUT2D eigenvalue weighted by Crippen LogP contribution is -2.55. The van der Waals surface area contributed by atoms with Crippen LogP contribution in [0.25, 0.3) is 0 Å². The van der Waals surface area contributed by atoms with E-state index in [1.165, 1.54) is 11.0 Å². The van der Waals surface area contributed by atoms with Crippen molar-refractivity contribution in [1.29, 1.82) is 0 Å². The summed E-state index contributed by atoms with van der Waals surface area (Å²) in [5.41, 5.74) is -0.597. The Morgan fingerprint density at radius 1 is 0.760 bits per heavy atom. The van der Waals surface area contributed by atoms with E-state index in [2.05, 4.69) is 17.6 Å². The van der Waals surface area contributed by atoms with E-state index in [0.29, 0.717) is 6.42 Å². The minimum Gasteiger partial charge on any atom is -0.508 e. The second-order valence-corrected chi connectivity index (χ2v) is 15.4. The Balaban J connectivity index is 2.63. The number of phenols is 1. The molecule has 0 aliphatic heterocycles. The molecule has 0 bridgehead atoms. The fourth-order valence-electron chi connectivity index (χ4n) is 5.61. The second kappa shape index (κ2) is 19.9. The molecule has 0 saturated heterocycles. The molecule has 3 amide bonds. The average molecular weight is 696 g/mol. The fraction of sp³-hybridized carbons (Fsp3) is 0.600. The van der Waals surface area contributed by atoms with Crippen LogP contribution in [0.5, 0.6) is 5.75 Å². The maximum Gasteiger partial charge on any atom is 0.408 e. The molecule has 10 nitrogen and oxygen atoms in total. The third-order valence-electron chi connectivity index (χ3n) is 7.81. The van der Waals surface area contributed by atoms with Gasteiger partial charge in [-0.15, -0.1) is 0 Å². The van der Waals surface area contributed by atoms with E-state index in [9.17, 15) is 24.3 Å². The number of amides is 3. The highest BCUT2D eigenvalue weighted by Crippen LogP contribution is 2.31. The van der Waals surface area contributed by atoms with Crippen LogP contribution < -0.4 is 10.6 Å². The number of nitrogens with zero attached hydrogens (tertiary/aromatic N) is 1. The highest BCUT2D eigenvalue weighted by Gasteiger charge is 2.39. The predicted octanol–water partition coefficient (Wildman–Crippen LogP) is 7.63. The lowest BCUT2D eigenvalue weighted by Gasteiger charge is -2.36. The zero-order chi connectivity index (χ0) is 37.5. The lowest BCUT2D eigenvalue weighted by molar-refractivity contribution is -0.159. The molecule has 0 saturated carbocycles. The van der Waals surface area contributed by atoms with Crippen molar-refractivity contribution in [3.8, 4) is 5.75 Å². The van der Waals surface area contributed by atoms with Crippen LogP contribution in [0.4, 0.5) is 4.79 Å². The minimum atomic E-state index is -1.32. The van der Waals surface area contributed by atoms with Gasteiger partial charge < -0.3 is 30.1 Å². The number of ether oxygens (including phenoxy) is 2. The van der Waals surface area contributed by atoms with Crippen LogP contribution in [0.3, 0.4) is 0 Å². The van der Waals surface area contributed by atoms with Crippen LogP contribution in [-0.4, -0.2) is 63.7 Å². The first-order valence-corrected chi connectivity index (χ1v) is 18.1. The van der Waals surface area contributed by atoms with Gasteiger partial charge in [-0.3, -0.25) is 9.59 Å². The number of alkyl carbamates (subject to hydrolysis) is 1. The van der Waals surface area contributed by atoms with Crippen molar-refractivity contribution in [1.82, 2.24) is 15.5 Å². The molecule has 3 unspecified atom stereocenters. The summed E-state index contributed by atoms with van der Waals surface area (Å²) in [5.74, 6) is -1.93. The Morgan fingerprint density at radius 2 is 1.34 bits per heavy atom. The summed E-state index contributed by atoms with van der Waals surface area (Å²) >= 11 is 0. The van der Waals surface area contributed by atoms with E-state index in [-0.39, 0.29) is 36.6 Å². The summed E-state index contributed by atoms with van der Waals surface area (Å²) in [6, 6.07) is 12.2. The highest BCUT2D eigenvalue weighted by molar-refractivity contribution is 5.94. The van der Waals surface area contributed by atoms with E-state index in [0.717, 1.165) is 37.7 Å². The molecule has 0 aliphatic carbocycles. The number of esters is 1. The van der Waals surface area contributed by atoms with Gasteiger partial charge in [-0.25, -0.2) is 9.59 Å². The van der Waals surface area contributed by atoms with Crippen LogP contribution >= 0.6 is 0 Å². The Labute approximate surface area is 299 Å². The van der Waals surface area contributed by atoms with Crippen molar-refractivity contribution in [2.45, 2.75) is 143 Å². The molecule has 0 aliphatic rings. The van der Waals surface area contributed by atoms with Crippen LogP contribution in [0.2, 0.25) is 0 Å². The number of carbonyl (C=O) groups is 4.